The summed E-state index contributed by atoms with van der Waals surface area (Å²) in [5.41, 5.74) is 2.33. The summed E-state index contributed by atoms with van der Waals surface area (Å²) in [5.74, 6) is -0.505. The van der Waals surface area contributed by atoms with E-state index in [4.69, 9.17) is 12.6 Å². The minimum Gasteiger partial charge on any atom is -0.395 e. The molecule has 1 fully saturated rings. The molecule has 4 nitrogen and oxygen atoms in total. The van der Waals surface area contributed by atoms with Gasteiger partial charge in [-0.05, 0) is 56.3 Å². The topological polar surface area (TPSA) is 61.7 Å². The summed E-state index contributed by atoms with van der Waals surface area (Å²) in [6.45, 7) is 2.32. The number of benzene rings is 4. The molecule has 1 aliphatic rings. The average molecular weight is 824 g/mol. The molecule has 0 spiro atoms. The minimum atomic E-state index is -0.831. The van der Waals surface area contributed by atoms with Gasteiger partial charge in [0.05, 0.1) is 39.3 Å². The van der Waals surface area contributed by atoms with Crippen molar-refractivity contribution in [1.29, 1.82) is 0 Å². The smallest absolute Gasteiger partial charge is 0.0984 e. The minimum absolute atomic E-state index is 0. The maximum Gasteiger partial charge on any atom is 0.0984 e. The van der Waals surface area contributed by atoms with Crippen molar-refractivity contribution >= 4 is 40.2 Å². The first-order chi connectivity index (χ1) is 13.6. The Morgan fingerprint density at radius 1 is 0.967 bits per heavy atom. The zero-order valence-electron chi connectivity index (χ0n) is 16.8. The summed E-state index contributed by atoms with van der Waals surface area (Å²) < 4.78 is 6.01. The first-order valence-corrected chi connectivity index (χ1v) is 9.66. The van der Waals surface area contributed by atoms with Gasteiger partial charge in [-0.25, -0.2) is 0 Å². The van der Waals surface area contributed by atoms with E-state index in [0.717, 1.165) is 10.9 Å². The van der Waals surface area contributed by atoms with Crippen molar-refractivity contribution in [2.45, 2.75) is 37.7 Å². The van der Waals surface area contributed by atoms with Crippen LogP contribution in [0.15, 0.2) is 48.5 Å². The van der Waals surface area contributed by atoms with Gasteiger partial charge >= 0.3 is 0 Å². The van der Waals surface area contributed by atoms with Gasteiger partial charge in [-0.1, -0.05) is 48.5 Å². The second kappa shape index (κ2) is 8.32. The number of aliphatic hydroxyl groups is 2. The molecule has 3 N–H and O–H groups in total. The Kier molecular flexibility index (Phi) is 6.15. The normalized spacial score (nSPS) is 23.7. The molecule has 149 valence electrons. The molecule has 0 saturated carbocycles. The zero-order chi connectivity index (χ0) is 19.4. The van der Waals surface area contributed by atoms with E-state index in [1.165, 1.54) is 32.5 Å². The predicted octanol–water partition coefficient (Wildman–Crippen LogP) is 2.59. The van der Waals surface area contributed by atoms with Crippen LogP contribution in [0, 0.1) is 6.92 Å². The molecule has 7 heteroatoms. The van der Waals surface area contributed by atoms with Crippen molar-refractivity contribution in [2.75, 3.05) is 6.61 Å². The molecule has 30 heavy (non-hydrogen) atoms. The molecule has 0 aromatic heterocycles. The fraction of sp³-hybridized carbons (Fsp3) is 0.304. The van der Waals surface area contributed by atoms with Crippen LogP contribution >= 0.6 is 0 Å². The maximum atomic E-state index is 10.3. The molecule has 0 amide bonds. The summed E-state index contributed by atoms with van der Waals surface area (Å²) in [4.78, 5) is 0. The number of hydrogen-bond donors (Lipinski definition) is 3. The molecular formula is C23H22BNO3ReRf. The average Bonchev–Trinajstić information content (AvgIpc) is 2.99. The van der Waals surface area contributed by atoms with Gasteiger partial charge in [0.2, 0.25) is 0 Å². The predicted molar refractivity (Wildman–Crippen MR) is 113 cm³/mol. The summed E-state index contributed by atoms with van der Waals surface area (Å²) >= 11 is 0. The van der Waals surface area contributed by atoms with Gasteiger partial charge in [-0.3, -0.25) is 0 Å². The second-order valence-corrected chi connectivity index (χ2v) is 7.78. The van der Waals surface area contributed by atoms with Crippen LogP contribution in [0.5, 0.6) is 0 Å². The third-order valence-corrected chi connectivity index (χ3v) is 6.11. The SMILES string of the molecule is [B]C1NC(CO)C(O)C1OCc1ccc2ccc3ccc(C)c4ccc1c2c34.[Re].[Rf]. The van der Waals surface area contributed by atoms with Crippen LogP contribution in [0.1, 0.15) is 11.1 Å². The van der Waals surface area contributed by atoms with Crippen LogP contribution in [0.4, 0.5) is 0 Å². The Labute approximate surface area is 184 Å². The Morgan fingerprint density at radius 2 is 1.57 bits per heavy atom. The van der Waals surface area contributed by atoms with Crippen LogP contribution in [0.3, 0.4) is 0 Å². The van der Waals surface area contributed by atoms with Crippen LogP contribution in [-0.2, 0) is 31.8 Å². The van der Waals surface area contributed by atoms with Crippen LogP contribution in [0.25, 0.3) is 32.3 Å². The second-order valence-electron chi connectivity index (χ2n) is 7.78. The largest absolute Gasteiger partial charge is 0.395 e. The van der Waals surface area contributed by atoms with Crippen molar-refractivity contribution in [1.82, 2.24) is 5.32 Å². The number of aryl methyl sites for hydroxylation is 1. The van der Waals surface area contributed by atoms with E-state index in [1.807, 2.05) is 0 Å². The molecule has 4 atom stereocenters. The van der Waals surface area contributed by atoms with E-state index >= 15 is 0 Å². The molecule has 5 rings (SSSR count). The van der Waals surface area contributed by atoms with Gasteiger partial charge in [0, 0.05) is 20.4 Å². The van der Waals surface area contributed by atoms with Crippen molar-refractivity contribution in [3.8, 4) is 0 Å². The number of aliphatic hydroxyl groups excluding tert-OH is 2. The fourth-order valence-electron chi connectivity index (χ4n) is 4.56. The van der Waals surface area contributed by atoms with Crippen LogP contribution < -0.4 is 5.32 Å². The molecule has 3 radical (unpaired) electrons. The van der Waals surface area contributed by atoms with Gasteiger partial charge in [0.1, 0.15) is 0 Å². The Bertz CT molecular complexity index is 1170. The quantitative estimate of drug-likeness (QED) is 0.219. The molecule has 0 aliphatic carbocycles. The molecule has 4 aromatic rings. The van der Waals surface area contributed by atoms with Gasteiger partial charge in [0.15, 0.2) is 0 Å². The van der Waals surface area contributed by atoms with Crippen molar-refractivity contribution in [3.05, 3.63) is 59.7 Å². The molecule has 1 heterocycles. The monoisotopic (exact) mass is 825 g/mol. The maximum absolute atomic E-state index is 10.3. The van der Waals surface area contributed by atoms with Crippen molar-refractivity contribution in [3.63, 3.8) is 0 Å². The summed E-state index contributed by atoms with van der Waals surface area (Å²) in [5, 5.41) is 30.1. The van der Waals surface area contributed by atoms with E-state index < -0.39 is 24.2 Å². The first-order valence-electron chi connectivity index (χ1n) is 9.66. The van der Waals surface area contributed by atoms with Crippen molar-refractivity contribution < 1.29 is 35.4 Å². The molecule has 0 bridgehead atoms. The Balaban J connectivity index is 0.00000128. The Morgan fingerprint density at radius 3 is 2.23 bits per heavy atom. The molecule has 4 aromatic carbocycles. The first kappa shape index (κ1) is 22.2. The summed E-state index contributed by atoms with van der Waals surface area (Å²) in [6, 6.07) is 16.8. The van der Waals surface area contributed by atoms with Crippen LogP contribution in [-0.4, -0.2) is 48.9 Å². The number of nitrogens with one attached hydrogen (secondary N) is 1. The van der Waals surface area contributed by atoms with E-state index in [0.29, 0.717) is 6.61 Å². The zero-order valence-corrected chi connectivity index (χ0v) is 25.9. The fourth-order valence-corrected chi connectivity index (χ4v) is 4.56. The summed E-state index contributed by atoms with van der Waals surface area (Å²) in [6.07, 6.45) is -1.39. The van der Waals surface area contributed by atoms with E-state index in [-0.39, 0.29) is 27.0 Å². The number of ether oxygens (including phenoxy) is 1. The third-order valence-electron chi connectivity index (χ3n) is 6.11. The number of hydrogen-bond acceptors (Lipinski definition) is 4. The van der Waals surface area contributed by atoms with E-state index in [2.05, 4.69) is 60.8 Å². The van der Waals surface area contributed by atoms with Crippen molar-refractivity contribution in [2.24, 2.45) is 0 Å². The van der Waals surface area contributed by atoms with E-state index in [9.17, 15) is 10.2 Å². The molecular weight excluding hydrogens is 802 g/mol. The van der Waals surface area contributed by atoms with Gasteiger partial charge in [-0.15, -0.1) is 0 Å². The molecule has 1 saturated heterocycles. The summed E-state index contributed by atoms with van der Waals surface area (Å²) in [7, 11) is 6.04. The van der Waals surface area contributed by atoms with Crippen LogP contribution in [0.2, 0.25) is 0 Å². The third kappa shape index (κ3) is 3.26. The van der Waals surface area contributed by atoms with Gasteiger partial charge < -0.3 is 20.3 Å². The molecule has 1 aliphatic heterocycles. The molecule has 4 unspecified atom stereocenters. The standard InChI is InChI=1S/C23H22BNO3.Re.Rf/c1-12-2-3-13-4-5-14-6-7-15(17-9-8-16(12)19(13)20(14)17)11-28-22-21(27)18(10-26)25-23(22)24;;/h2-9,18,21-23,25-27H,10-11H2,1H3;;. The van der Waals surface area contributed by atoms with Gasteiger partial charge in [-0.2, -0.15) is 0 Å². The van der Waals surface area contributed by atoms with E-state index in [1.54, 1.807) is 0 Å². The van der Waals surface area contributed by atoms with Gasteiger partial charge in [0.25, 0.3) is 0 Å². The number of rotatable bonds is 4. The Hall–Kier alpha value is -2.51.